The molecule has 33 heavy (non-hydrogen) atoms. The summed E-state index contributed by atoms with van der Waals surface area (Å²) in [5, 5.41) is 5.23. The number of hydrogen-bond donors (Lipinski definition) is 0. The van der Waals surface area contributed by atoms with Gasteiger partial charge in [-0.25, -0.2) is 22.9 Å². The Morgan fingerprint density at radius 1 is 1.12 bits per heavy atom. The van der Waals surface area contributed by atoms with Crippen molar-refractivity contribution in [3.63, 3.8) is 0 Å². The van der Waals surface area contributed by atoms with E-state index in [1.165, 1.54) is 0 Å². The molecule has 3 aromatic rings. The van der Waals surface area contributed by atoms with Gasteiger partial charge in [0, 0.05) is 11.6 Å². The van der Waals surface area contributed by atoms with E-state index in [1.807, 2.05) is 44.2 Å². The van der Waals surface area contributed by atoms with Gasteiger partial charge in [-0.1, -0.05) is 17.7 Å². The van der Waals surface area contributed by atoms with Gasteiger partial charge in [-0.05, 0) is 51.3 Å². The molecule has 1 atom stereocenters. The SMILES string of the molecule is Cc1ccc(OCCOC(=O)c2cc(C3CC3)nc3c2c(C)nn3C2CCS(=O)(=O)C2)cc1. The summed E-state index contributed by atoms with van der Waals surface area (Å²) in [6.07, 6.45) is 2.56. The molecule has 0 N–H and O–H groups in total. The smallest absolute Gasteiger partial charge is 0.339 e. The molecule has 2 aliphatic rings. The number of aromatic nitrogens is 3. The second-order valence-electron chi connectivity index (χ2n) is 8.95. The third-order valence-electron chi connectivity index (χ3n) is 6.23. The molecule has 3 heterocycles. The quantitative estimate of drug-likeness (QED) is 0.385. The van der Waals surface area contributed by atoms with E-state index in [0.717, 1.165) is 29.8 Å². The van der Waals surface area contributed by atoms with Crippen LogP contribution in [0.3, 0.4) is 0 Å². The number of fused-ring (bicyclic) bond motifs is 1. The molecule has 1 aliphatic carbocycles. The predicted octanol–water partition coefficient (Wildman–Crippen LogP) is 3.52. The van der Waals surface area contributed by atoms with Crippen molar-refractivity contribution < 1.29 is 22.7 Å². The van der Waals surface area contributed by atoms with Gasteiger partial charge in [0.2, 0.25) is 0 Å². The molecule has 0 amide bonds. The maximum Gasteiger partial charge on any atom is 0.339 e. The third kappa shape index (κ3) is 4.59. The summed E-state index contributed by atoms with van der Waals surface area (Å²) in [7, 11) is -3.08. The number of aryl methyl sites for hydroxylation is 2. The highest BCUT2D eigenvalue weighted by atomic mass is 32.2. The van der Waals surface area contributed by atoms with E-state index in [9.17, 15) is 13.2 Å². The highest BCUT2D eigenvalue weighted by Gasteiger charge is 2.34. The molecule has 1 aromatic carbocycles. The van der Waals surface area contributed by atoms with Crippen molar-refractivity contribution in [2.45, 2.75) is 45.1 Å². The number of esters is 1. The Morgan fingerprint density at radius 3 is 2.55 bits per heavy atom. The van der Waals surface area contributed by atoms with Crippen LogP contribution in [0.15, 0.2) is 30.3 Å². The van der Waals surface area contributed by atoms with Crippen LogP contribution in [0.4, 0.5) is 0 Å². The fourth-order valence-electron chi connectivity index (χ4n) is 4.31. The molecule has 9 heteroatoms. The van der Waals surface area contributed by atoms with Gasteiger partial charge in [-0.2, -0.15) is 5.10 Å². The van der Waals surface area contributed by atoms with Gasteiger partial charge in [-0.15, -0.1) is 0 Å². The fourth-order valence-corrected chi connectivity index (χ4v) is 6.00. The van der Waals surface area contributed by atoms with Crippen molar-refractivity contribution in [3.8, 4) is 5.75 Å². The van der Waals surface area contributed by atoms with E-state index in [1.54, 1.807) is 4.68 Å². The maximum atomic E-state index is 13.1. The fraction of sp³-hybridized carbons (Fsp3) is 0.458. The normalized spacial score (nSPS) is 19.6. The van der Waals surface area contributed by atoms with E-state index in [2.05, 4.69) is 5.10 Å². The van der Waals surface area contributed by atoms with Crippen LogP contribution >= 0.6 is 0 Å². The van der Waals surface area contributed by atoms with Crippen LogP contribution in [-0.2, 0) is 14.6 Å². The van der Waals surface area contributed by atoms with Crippen LogP contribution in [0.5, 0.6) is 5.75 Å². The average molecular weight is 470 g/mol. The number of benzene rings is 1. The lowest BCUT2D eigenvalue weighted by atomic mass is 10.1. The summed E-state index contributed by atoms with van der Waals surface area (Å²) in [5.41, 5.74) is 3.64. The first-order valence-electron chi connectivity index (χ1n) is 11.3. The summed E-state index contributed by atoms with van der Waals surface area (Å²) in [6, 6.07) is 9.24. The largest absolute Gasteiger partial charge is 0.490 e. The zero-order chi connectivity index (χ0) is 23.2. The van der Waals surface area contributed by atoms with Gasteiger partial charge >= 0.3 is 5.97 Å². The first-order valence-corrected chi connectivity index (χ1v) is 13.1. The first-order chi connectivity index (χ1) is 15.8. The van der Waals surface area contributed by atoms with E-state index < -0.39 is 15.8 Å². The van der Waals surface area contributed by atoms with Crippen molar-refractivity contribution in [3.05, 3.63) is 52.8 Å². The van der Waals surface area contributed by atoms with Crippen LogP contribution in [0.2, 0.25) is 0 Å². The van der Waals surface area contributed by atoms with Gasteiger partial charge in [0.1, 0.15) is 19.0 Å². The summed E-state index contributed by atoms with van der Waals surface area (Å²) in [5.74, 6) is 0.799. The molecule has 1 saturated heterocycles. The number of ether oxygens (including phenoxy) is 2. The molecule has 1 aliphatic heterocycles. The summed E-state index contributed by atoms with van der Waals surface area (Å²) >= 11 is 0. The molecule has 8 nitrogen and oxygen atoms in total. The van der Waals surface area contributed by atoms with E-state index >= 15 is 0 Å². The number of sulfone groups is 1. The zero-order valence-electron chi connectivity index (χ0n) is 18.8. The standard InChI is InChI=1S/C24H27N3O5S/c1-15-3-7-19(8-4-15)31-10-11-32-24(28)20-13-21(17-5-6-17)25-23-22(20)16(2)26-27(23)18-9-12-33(29,30)14-18/h3-4,7-8,13,17-18H,5-6,9-12,14H2,1-2H3. The molecule has 174 valence electrons. The van der Waals surface area contributed by atoms with Crippen LogP contribution in [0.25, 0.3) is 11.0 Å². The van der Waals surface area contributed by atoms with Crippen molar-refractivity contribution in [2.75, 3.05) is 24.7 Å². The zero-order valence-corrected chi connectivity index (χ0v) is 19.6. The van der Waals surface area contributed by atoms with E-state index in [4.69, 9.17) is 14.5 Å². The minimum Gasteiger partial charge on any atom is -0.490 e. The molecular formula is C24H27N3O5S. The number of carbonyl (C=O) groups is 1. The van der Waals surface area contributed by atoms with E-state index in [-0.39, 0.29) is 30.8 Å². The Morgan fingerprint density at radius 2 is 1.88 bits per heavy atom. The van der Waals surface area contributed by atoms with Gasteiger partial charge in [-0.3, -0.25) is 0 Å². The van der Waals surface area contributed by atoms with Crippen molar-refractivity contribution in [1.29, 1.82) is 0 Å². The Kier molecular flexibility index (Phi) is 5.60. The van der Waals surface area contributed by atoms with E-state index in [0.29, 0.717) is 34.6 Å². The second kappa shape index (κ2) is 8.44. The van der Waals surface area contributed by atoms with Crippen LogP contribution < -0.4 is 4.74 Å². The first kappa shape index (κ1) is 21.9. The molecule has 0 radical (unpaired) electrons. The van der Waals surface area contributed by atoms with Crippen molar-refractivity contribution >= 4 is 26.8 Å². The monoisotopic (exact) mass is 469 g/mol. The van der Waals surface area contributed by atoms with Gasteiger partial charge in [0.05, 0.1) is 34.2 Å². The maximum absolute atomic E-state index is 13.1. The van der Waals surface area contributed by atoms with Crippen molar-refractivity contribution in [2.24, 2.45) is 0 Å². The summed E-state index contributed by atoms with van der Waals surface area (Å²) in [4.78, 5) is 17.9. The Labute approximate surface area is 192 Å². The second-order valence-corrected chi connectivity index (χ2v) is 11.2. The topological polar surface area (TPSA) is 100 Å². The number of pyridine rings is 1. The Balaban J connectivity index is 1.38. The highest BCUT2D eigenvalue weighted by Crippen LogP contribution is 2.41. The molecular weight excluding hydrogens is 442 g/mol. The molecule has 0 spiro atoms. The Hall–Kier alpha value is -2.94. The molecule has 1 unspecified atom stereocenters. The van der Waals surface area contributed by atoms with Crippen LogP contribution in [-0.4, -0.2) is 53.9 Å². The van der Waals surface area contributed by atoms with Gasteiger partial charge in [0.15, 0.2) is 15.5 Å². The minimum atomic E-state index is -3.08. The minimum absolute atomic E-state index is 0.0503. The molecule has 1 saturated carbocycles. The Bertz CT molecular complexity index is 1310. The lowest BCUT2D eigenvalue weighted by Gasteiger charge is -2.12. The number of carbonyl (C=O) groups excluding carboxylic acids is 1. The number of hydrogen-bond acceptors (Lipinski definition) is 7. The molecule has 5 rings (SSSR count). The molecule has 0 bridgehead atoms. The lowest BCUT2D eigenvalue weighted by Crippen LogP contribution is -2.15. The van der Waals surface area contributed by atoms with Crippen LogP contribution in [0, 0.1) is 13.8 Å². The summed E-state index contributed by atoms with van der Waals surface area (Å²) in [6.45, 7) is 4.19. The number of rotatable bonds is 7. The van der Waals surface area contributed by atoms with Crippen LogP contribution in [0.1, 0.15) is 58.5 Å². The highest BCUT2D eigenvalue weighted by molar-refractivity contribution is 7.91. The van der Waals surface area contributed by atoms with Crippen molar-refractivity contribution in [1.82, 2.24) is 14.8 Å². The van der Waals surface area contributed by atoms with Gasteiger partial charge in [0.25, 0.3) is 0 Å². The lowest BCUT2D eigenvalue weighted by molar-refractivity contribution is 0.0452. The third-order valence-corrected chi connectivity index (χ3v) is 7.98. The molecule has 2 aromatic heterocycles. The average Bonchev–Trinajstić information content (AvgIpc) is 3.50. The number of nitrogens with zero attached hydrogens (tertiary/aromatic N) is 3. The predicted molar refractivity (Wildman–Crippen MR) is 124 cm³/mol. The molecule has 2 fully saturated rings. The summed E-state index contributed by atoms with van der Waals surface area (Å²) < 4.78 is 37.0. The van der Waals surface area contributed by atoms with Gasteiger partial charge < -0.3 is 9.47 Å².